The summed E-state index contributed by atoms with van der Waals surface area (Å²) < 4.78 is 6.77. The van der Waals surface area contributed by atoms with E-state index in [0.717, 1.165) is 43.4 Å². The summed E-state index contributed by atoms with van der Waals surface area (Å²) in [5, 5.41) is 1.26. The summed E-state index contributed by atoms with van der Waals surface area (Å²) in [5.74, 6) is 2.93. The maximum atomic E-state index is 6.77. The lowest BCUT2D eigenvalue weighted by molar-refractivity contribution is 0.516. The van der Waals surface area contributed by atoms with Gasteiger partial charge in [0.15, 0.2) is 0 Å². The fraction of sp³-hybridized carbons (Fsp3) is 0.185. The zero-order chi connectivity index (χ0) is 36.3. The highest BCUT2D eigenvalue weighted by Gasteiger charge is 2.33. The molecule has 0 amide bonds. The first-order chi connectivity index (χ1) is 27.2. The van der Waals surface area contributed by atoms with Gasteiger partial charge in [-0.2, -0.15) is 0 Å². The van der Waals surface area contributed by atoms with Gasteiger partial charge in [0.2, 0.25) is 0 Å². The number of fused-ring (bicyclic) bond motifs is 7. The summed E-state index contributed by atoms with van der Waals surface area (Å²) in [4.78, 5) is 0. The van der Waals surface area contributed by atoms with Crippen LogP contribution in [-0.2, 0) is 12.8 Å². The first-order valence-electron chi connectivity index (χ1n) is 20.3. The Kier molecular flexibility index (Phi) is 7.94. The molecule has 5 unspecified atom stereocenters. The molecule has 0 bridgehead atoms. The molecule has 55 heavy (non-hydrogen) atoms. The number of allylic oxidation sites excluding steroid dienone is 11. The number of furan rings is 1. The first-order valence-corrected chi connectivity index (χ1v) is 20.3. The average Bonchev–Trinajstić information content (AvgIpc) is 3.64. The average molecular weight is 709 g/mol. The first kappa shape index (κ1) is 32.5. The van der Waals surface area contributed by atoms with Crippen LogP contribution in [0.1, 0.15) is 75.6 Å². The number of rotatable bonds is 5. The molecule has 5 atom stereocenters. The van der Waals surface area contributed by atoms with Crippen molar-refractivity contribution in [3.63, 3.8) is 0 Å². The lowest BCUT2D eigenvalue weighted by Crippen LogP contribution is -2.19. The van der Waals surface area contributed by atoms with Gasteiger partial charge in [0.1, 0.15) is 11.3 Å². The molecule has 0 saturated carbocycles. The Hall–Kier alpha value is -5.92. The van der Waals surface area contributed by atoms with Gasteiger partial charge in [-0.1, -0.05) is 164 Å². The van der Waals surface area contributed by atoms with E-state index in [-0.39, 0.29) is 5.92 Å². The lowest BCUT2D eigenvalue weighted by Gasteiger charge is -2.33. The smallest absolute Gasteiger partial charge is 0.138 e. The molecular weight excluding hydrogens is 665 g/mol. The second kappa shape index (κ2) is 13.4. The fourth-order valence-corrected chi connectivity index (χ4v) is 10.1. The Bertz CT molecular complexity index is 2640. The molecular formula is C54H44O. The molecule has 0 N–H and O–H groups in total. The van der Waals surface area contributed by atoms with Crippen LogP contribution in [0.2, 0.25) is 0 Å². The van der Waals surface area contributed by atoms with E-state index in [1.807, 2.05) is 0 Å². The van der Waals surface area contributed by atoms with Gasteiger partial charge in [-0.3, -0.25) is 0 Å². The third kappa shape index (κ3) is 5.85. The third-order valence-corrected chi connectivity index (χ3v) is 13.0. The summed E-state index contributed by atoms with van der Waals surface area (Å²) in [6.45, 7) is 0. The lowest BCUT2D eigenvalue weighted by atomic mass is 9.71. The van der Waals surface area contributed by atoms with Crippen LogP contribution in [0.3, 0.4) is 0 Å². The molecule has 5 aliphatic rings. The van der Waals surface area contributed by atoms with Gasteiger partial charge < -0.3 is 4.42 Å². The van der Waals surface area contributed by atoms with Crippen LogP contribution in [0.5, 0.6) is 0 Å². The molecule has 0 fully saturated rings. The van der Waals surface area contributed by atoms with E-state index in [1.54, 1.807) is 0 Å². The van der Waals surface area contributed by atoms with Crippen molar-refractivity contribution in [3.8, 4) is 11.3 Å². The van der Waals surface area contributed by atoms with Crippen molar-refractivity contribution in [3.05, 3.63) is 220 Å². The predicted octanol–water partition coefficient (Wildman–Crippen LogP) is 13.7. The van der Waals surface area contributed by atoms with Crippen LogP contribution in [0.15, 0.2) is 180 Å². The molecule has 6 aromatic rings. The Morgan fingerprint density at radius 3 is 2.35 bits per heavy atom. The molecule has 1 nitrogen and oxygen atoms in total. The van der Waals surface area contributed by atoms with Crippen LogP contribution in [0.4, 0.5) is 0 Å². The Morgan fingerprint density at radius 2 is 1.44 bits per heavy atom. The fourth-order valence-electron chi connectivity index (χ4n) is 10.1. The Morgan fingerprint density at radius 1 is 0.618 bits per heavy atom. The van der Waals surface area contributed by atoms with Gasteiger partial charge in [-0.15, -0.1) is 0 Å². The van der Waals surface area contributed by atoms with Crippen molar-refractivity contribution < 1.29 is 4.42 Å². The molecule has 0 spiro atoms. The number of benzene rings is 5. The highest BCUT2D eigenvalue weighted by atomic mass is 16.3. The molecule has 0 radical (unpaired) electrons. The largest absolute Gasteiger partial charge is 0.456 e. The zero-order valence-corrected chi connectivity index (χ0v) is 31.1. The molecule has 11 rings (SSSR count). The molecule has 1 heteroatoms. The molecule has 5 aliphatic carbocycles. The van der Waals surface area contributed by atoms with Crippen LogP contribution < -0.4 is 0 Å². The predicted molar refractivity (Wildman–Crippen MR) is 229 cm³/mol. The molecule has 0 saturated heterocycles. The molecule has 266 valence electrons. The summed E-state index contributed by atoms with van der Waals surface area (Å²) in [7, 11) is 0. The van der Waals surface area contributed by atoms with Gasteiger partial charge in [0, 0.05) is 40.2 Å². The minimum absolute atomic E-state index is 0.288. The quantitative estimate of drug-likeness (QED) is 0.174. The topological polar surface area (TPSA) is 13.1 Å². The second-order valence-corrected chi connectivity index (χ2v) is 16.2. The van der Waals surface area contributed by atoms with Crippen LogP contribution >= 0.6 is 0 Å². The van der Waals surface area contributed by atoms with Crippen LogP contribution in [-0.4, -0.2) is 0 Å². The van der Waals surface area contributed by atoms with Gasteiger partial charge in [-0.05, 0) is 106 Å². The Labute approximate surface area is 324 Å². The van der Waals surface area contributed by atoms with Gasteiger partial charge in [0.25, 0.3) is 0 Å². The maximum Gasteiger partial charge on any atom is 0.138 e. The monoisotopic (exact) mass is 708 g/mol. The van der Waals surface area contributed by atoms with Crippen molar-refractivity contribution in [2.24, 2.45) is 17.8 Å². The van der Waals surface area contributed by atoms with Crippen molar-refractivity contribution in [2.75, 3.05) is 0 Å². The van der Waals surface area contributed by atoms with E-state index in [9.17, 15) is 0 Å². The third-order valence-electron chi connectivity index (χ3n) is 13.0. The maximum absolute atomic E-state index is 6.77. The van der Waals surface area contributed by atoms with Crippen molar-refractivity contribution in [1.82, 2.24) is 0 Å². The normalized spacial score (nSPS) is 23.6. The molecule has 5 aromatic carbocycles. The SMILES string of the molecule is C1=Cc2cc(C3Cc4c(oc5ccc(C6=CC(c7ccccc7)CC(C7=CC8C=CC(c9ccccc9)=CC8C=C7)C6)cc45)-c4ccccc43)ccc2CC1. The van der Waals surface area contributed by atoms with E-state index in [4.69, 9.17) is 4.42 Å². The number of aryl methyl sites for hydroxylation is 1. The van der Waals surface area contributed by atoms with E-state index in [1.165, 1.54) is 72.2 Å². The minimum atomic E-state index is 0.288. The highest BCUT2D eigenvalue weighted by molar-refractivity contribution is 5.92. The summed E-state index contributed by atoms with van der Waals surface area (Å²) in [6.07, 6.45) is 27.2. The zero-order valence-electron chi connectivity index (χ0n) is 31.1. The van der Waals surface area contributed by atoms with Crippen molar-refractivity contribution in [2.45, 2.75) is 43.9 Å². The van der Waals surface area contributed by atoms with Crippen molar-refractivity contribution in [1.29, 1.82) is 0 Å². The second-order valence-electron chi connectivity index (χ2n) is 16.2. The molecule has 1 aromatic heterocycles. The number of hydrogen-bond acceptors (Lipinski definition) is 1. The van der Waals surface area contributed by atoms with Gasteiger partial charge in [0.05, 0.1) is 0 Å². The van der Waals surface area contributed by atoms with Gasteiger partial charge in [-0.25, -0.2) is 0 Å². The summed E-state index contributed by atoms with van der Waals surface area (Å²) in [5.41, 5.74) is 17.4. The van der Waals surface area contributed by atoms with Crippen LogP contribution in [0.25, 0.3) is 39.5 Å². The van der Waals surface area contributed by atoms with Gasteiger partial charge >= 0.3 is 0 Å². The molecule has 1 heterocycles. The van der Waals surface area contributed by atoms with Crippen LogP contribution in [0, 0.1) is 17.8 Å². The standard InChI is InChI=1S/C54H44O/c1-3-11-35(12-4-1)39-20-21-41-28-42(23-22-40(41)27-39)46-30-45(36-13-5-2-6-14-36)31-47(32-46)43-25-26-53-51(33-43)52-34-50(48-17-9-10-18-49(48)54(52)55-53)44-24-19-37-15-7-8-16-38(37)29-44/h1-6,8-14,16-29,31,33,40-41,45-46,50H,7,15,30,32,34H2. The summed E-state index contributed by atoms with van der Waals surface area (Å²) in [6, 6.07) is 45.0. The number of hydrogen-bond donors (Lipinski definition) is 0. The van der Waals surface area contributed by atoms with E-state index in [0.29, 0.717) is 23.7 Å². The Balaban J connectivity index is 0.948. The van der Waals surface area contributed by atoms with Crippen molar-refractivity contribution >= 4 is 28.2 Å². The van der Waals surface area contributed by atoms with E-state index >= 15 is 0 Å². The summed E-state index contributed by atoms with van der Waals surface area (Å²) >= 11 is 0. The van der Waals surface area contributed by atoms with E-state index < -0.39 is 0 Å². The highest BCUT2D eigenvalue weighted by Crippen LogP contribution is 2.49. The minimum Gasteiger partial charge on any atom is -0.456 e. The van der Waals surface area contributed by atoms with E-state index in [2.05, 4.69) is 176 Å². The molecule has 0 aliphatic heterocycles.